The van der Waals surface area contributed by atoms with Crippen LogP contribution in [0.4, 0.5) is 0 Å². The molecular formula is C11H18N6O2S. The first-order chi connectivity index (χ1) is 9.60. The molecule has 1 aromatic heterocycles. The molecule has 1 heterocycles. The van der Waals surface area contributed by atoms with Gasteiger partial charge in [-0.25, -0.2) is 4.68 Å². The van der Waals surface area contributed by atoms with Crippen LogP contribution in [0.2, 0.25) is 0 Å². The lowest BCUT2D eigenvalue weighted by Gasteiger charge is -2.16. The Morgan fingerprint density at radius 2 is 2.25 bits per heavy atom. The molecule has 0 saturated heterocycles. The van der Waals surface area contributed by atoms with E-state index in [2.05, 4.69) is 20.8 Å². The van der Waals surface area contributed by atoms with Gasteiger partial charge in [-0.15, -0.1) is 5.10 Å². The van der Waals surface area contributed by atoms with Crippen LogP contribution in [0.3, 0.4) is 0 Å². The molecule has 8 nitrogen and oxygen atoms in total. The van der Waals surface area contributed by atoms with Crippen LogP contribution in [-0.4, -0.2) is 62.3 Å². The van der Waals surface area contributed by atoms with E-state index in [1.807, 2.05) is 6.92 Å². The smallest absolute Gasteiger partial charge is 0.239 e. The number of nitrogens with zero attached hydrogens (tertiary/aromatic N) is 5. The summed E-state index contributed by atoms with van der Waals surface area (Å²) in [5.74, 6) is -0.00790. The monoisotopic (exact) mass is 298 g/mol. The van der Waals surface area contributed by atoms with Gasteiger partial charge in [0.05, 0.1) is 12.3 Å². The molecule has 0 atom stereocenters. The van der Waals surface area contributed by atoms with Crippen molar-refractivity contribution in [1.29, 1.82) is 0 Å². The van der Waals surface area contributed by atoms with Crippen molar-refractivity contribution in [3.05, 3.63) is 0 Å². The van der Waals surface area contributed by atoms with E-state index in [0.717, 1.165) is 12.8 Å². The fraction of sp³-hybridized carbons (Fsp3) is 0.727. The summed E-state index contributed by atoms with van der Waals surface area (Å²) in [5.41, 5.74) is 0. The van der Waals surface area contributed by atoms with Crippen molar-refractivity contribution in [2.45, 2.75) is 37.5 Å². The number of rotatable bonds is 7. The molecule has 0 radical (unpaired) electrons. The molecule has 0 unspecified atom stereocenters. The second-order valence-electron chi connectivity index (χ2n) is 4.66. The maximum atomic E-state index is 11.9. The number of tetrazole rings is 1. The predicted octanol–water partition coefficient (Wildman–Crippen LogP) is -0.478. The van der Waals surface area contributed by atoms with Gasteiger partial charge in [0.15, 0.2) is 0 Å². The molecule has 0 bridgehead atoms. The molecule has 20 heavy (non-hydrogen) atoms. The van der Waals surface area contributed by atoms with Gasteiger partial charge in [0, 0.05) is 19.6 Å². The lowest BCUT2D eigenvalue weighted by atomic mass is 10.5. The Labute approximate surface area is 121 Å². The average Bonchev–Trinajstić information content (AvgIpc) is 3.10. The fourth-order valence-corrected chi connectivity index (χ4v) is 2.42. The van der Waals surface area contributed by atoms with Gasteiger partial charge in [-0.3, -0.25) is 9.59 Å². The number of carbonyl (C=O) groups excluding carboxylic acids is 2. The number of hydrogen-bond acceptors (Lipinski definition) is 6. The van der Waals surface area contributed by atoms with E-state index in [1.165, 1.54) is 16.7 Å². The van der Waals surface area contributed by atoms with Crippen molar-refractivity contribution in [3.8, 4) is 0 Å². The van der Waals surface area contributed by atoms with Gasteiger partial charge in [-0.2, -0.15) is 0 Å². The molecule has 110 valence electrons. The van der Waals surface area contributed by atoms with Crippen LogP contribution in [0.15, 0.2) is 5.16 Å². The van der Waals surface area contributed by atoms with E-state index in [9.17, 15) is 9.59 Å². The summed E-state index contributed by atoms with van der Waals surface area (Å²) < 4.78 is 1.62. The zero-order valence-electron chi connectivity index (χ0n) is 11.6. The van der Waals surface area contributed by atoms with Crippen molar-refractivity contribution in [2.24, 2.45) is 0 Å². The molecule has 1 fully saturated rings. The molecule has 9 heteroatoms. The molecule has 2 amide bonds. The Morgan fingerprint density at radius 1 is 1.50 bits per heavy atom. The van der Waals surface area contributed by atoms with E-state index in [0.29, 0.717) is 17.7 Å². The van der Waals surface area contributed by atoms with Crippen molar-refractivity contribution in [1.82, 2.24) is 30.4 Å². The maximum Gasteiger partial charge on any atom is 0.239 e. The fourth-order valence-electron chi connectivity index (χ4n) is 1.54. The second-order valence-corrected chi connectivity index (χ2v) is 5.60. The number of hydrogen-bond donors (Lipinski definition) is 1. The number of thioether (sulfide) groups is 1. The Bertz CT molecular complexity index is 487. The predicted molar refractivity (Wildman–Crippen MR) is 73.0 cm³/mol. The van der Waals surface area contributed by atoms with Gasteiger partial charge in [-0.05, 0) is 30.2 Å². The van der Waals surface area contributed by atoms with E-state index in [4.69, 9.17) is 0 Å². The number of nitrogens with one attached hydrogen (secondary N) is 1. The van der Waals surface area contributed by atoms with E-state index in [-0.39, 0.29) is 24.1 Å². The Balaban J connectivity index is 1.74. The number of amides is 2. The quantitative estimate of drug-likeness (QED) is 0.684. The molecule has 0 aliphatic heterocycles. The third-order valence-electron chi connectivity index (χ3n) is 2.87. The molecule has 1 aliphatic carbocycles. The van der Waals surface area contributed by atoms with Crippen LogP contribution in [0.5, 0.6) is 0 Å². The summed E-state index contributed by atoms with van der Waals surface area (Å²) in [7, 11) is 1.62. The molecule has 1 aliphatic rings. The van der Waals surface area contributed by atoms with Crippen LogP contribution in [0.25, 0.3) is 0 Å². The molecule has 1 saturated carbocycles. The van der Waals surface area contributed by atoms with Crippen molar-refractivity contribution in [3.63, 3.8) is 0 Å². The minimum Gasteiger partial charge on any atom is -0.352 e. The third kappa shape index (κ3) is 4.19. The summed E-state index contributed by atoms with van der Waals surface area (Å²) in [4.78, 5) is 24.9. The third-order valence-corrected chi connectivity index (χ3v) is 3.81. The highest BCUT2D eigenvalue weighted by molar-refractivity contribution is 7.99. The molecule has 1 aromatic rings. The molecule has 0 aromatic carbocycles. The molecule has 1 N–H and O–H groups in total. The van der Waals surface area contributed by atoms with Crippen LogP contribution in [0, 0.1) is 0 Å². The van der Waals surface area contributed by atoms with E-state index < -0.39 is 0 Å². The maximum absolute atomic E-state index is 11.9. The Morgan fingerprint density at radius 3 is 2.90 bits per heavy atom. The van der Waals surface area contributed by atoms with Gasteiger partial charge in [0.2, 0.25) is 17.0 Å². The van der Waals surface area contributed by atoms with E-state index >= 15 is 0 Å². The first-order valence-electron chi connectivity index (χ1n) is 6.52. The normalized spacial score (nSPS) is 14.1. The summed E-state index contributed by atoms with van der Waals surface area (Å²) in [5, 5.41) is 14.6. The minimum absolute atomic E-state index is 0.0919. The standard InChI is InChI=1S/C11H18N6O2S/c1-3-17-11(13-14-15-17)20-7-10(19)16(2)6-9(18)12-8-4-5-8/h8H,3-7H2,1-2H3,(H,12,18). The summed E-state index contributed by atoms with van der Waals surface area (Å²) in [6.45, 7) is 2.67. The van der Waals surface area contributed by atoms with Gasteiger partial charge in [-0.1, -0.05) is 11.8 Å². The number of likely N-dealkylation sites (N-methyl/N-ethyl adjacent to an activating group) is 1. The van der Waals surface area contributed by atoms with Crippen molar-refractivity contribution in [2.75, 3.05) is 19.3 Å². The molecule has 0 spiro atoms. The van der Waals surface area contributed by atoms with Gasteiger partial charge < -0.3 is 10.2 Å². The summed E-state index contributed by atoms with van der Waals surface area (Å²) >= 11 is 1.27. The zero-order valence-corrected chi connectivity index (χ0v) is 12.4. The average molecular weight is 298 g/mol. The Hall–Kier alpha value is -1.64. The first kappa shape index (κ1) is 14.8. The number of carbonyl (C=O) groups is 2. The Kier molecular flexibility index (Phi) is 4.94. The van der Waals surface area contributed by atoms with Crippen LogP contribution in [-0.2, 0) is 16.1 Å². The van der Waals surface area contributed by atoms with Crippen LogP contribution >= 0.6 is 11.8 Å². The van der Waals surface area contributed by atoms with Gasteiger partial charge in [0.1, 0.15) is 0 Å². The first-order valence-corrected chi connectivity index (χ1v) is 7.51. The highest BCUT2D eigenvalue weighted by Gasteiger charge is 2.24. The summed E-state index contributed by atoms with van der Waals surface area (Å²) in [6.07, 6.45) is 2.08. The number of aryl methyl sites for hydroxylation is 1. The van der Waals surface area contributed by atoms with Crippen molar-refractivity contribution >= 4 is 23.6 Å². The number of aromatic nitrogens is 4. The van der Waals surface area contributed by atoms with E-state index in [1.54, 1.807) is 11.7 Å². The molecule has 2 rings (SSSR count). The van der Waals surface area contributed by atoms with Gasteiger partial charge in [0.25, 0.3) is 0 Å². The lowest BCUT2D eigenvalue weighted by Crippen LogP contribution is -2.39. The lowest BCUT2D eigenvalue weighted by molar-refractivity contribution is -0.132. The van der Waals surface area contributed by atoms with Crippen LogP contribution in [0.1, 0.15) is 19.8 Å². The highest BCUT2D eigenvalue weighted by Crippen LogP contribution is 2.18. The topological polar surface area (TPSA) is 93.0 Å². The second kappa shape index (κ2) is 6.69. The van der Waals surface area contributed by atoms with Crippen molar-refractivity contribution < 1.29 is 9.59 Å². The summed E-state index contributed by atoms with van der Waals surface area (Å²) in [6, 6.07) is 0.314. The molecular weight excluding hydrogens is 280 g/mol. The van der Waals surface area contributed by atoms with Crippen LogP contribution < -0.4 is 5.32 Å². The minimum atomic E-state index is -0.119. The van der Waals surface area contributed by atoms with Gasteiger partial charge >= 0.3 is 0 Å². The highest BCUT2D eigenvalue weighted by atomic mass is 32.2. The SMILES string of the molecule is CCn1nnnc1SCC(=O)N(C)CC(=O)NC1CC1. The largest absolute Gasteiger partial charge is 0.352 e. The zero-order chi connectivity index (χ0) is 14.5.